The number of benzene rings is 1. The molecular formula is C12H10BrClN2O4. The molecule has 0 aliphatic heterocycles. The third kappa shape index (κ3) is 3.00. The zero-order valence-corrected chi connectivity index (χ0v) is 12.8. The molecule has 0 amide bonds. The van der Waals surface area contributed by atoms with Crippen LogP contribution in [0.1, 0.15) is 0 Å². The van der Waals surface area contributed by atoms with Crippen LogP contribution < -0.4 is 4.74 Å². The van der Waals surface area contributed by atoms with E-state index in [-0.39, 0.29) is 10.7 Å². The van der Waals surface area contributed by atoms with E-state index in [0.29, 0.717) is 34.3 Å². The Morgan fingerprint density at radius 1 is 1.45 bits per heavy atom. The lowest BCUT2D eigenvalue weighted by Gasteiger charge is -2.09. The molecule has 106 valence electrons. The van der Waals surface area contributed by atoms with E-state index < -0.39 is 4.92 Å². The van der Waals surface area contributed by atoms with Gasteiger partial charge in [-0.1, -0.05) is 11.6 Å². The predicted octanol–water partition coefficient (Wildman–Crippen LogP) is 3.58. The van der Waals surface area contributed by atoms with Crippen molar-refractivity contribution in [2.24, 2.45) is 0 Å². The van der Waals surface area contributed by atoms with Crippen molar-refractivity contribution in [3.05, 3.63) is 37.9 Å². The Bertz CT molecular complexity index is 665. The van der Waals surface area contributed by atoms with Crippen molar-refractivity contribution in [2.75, 3.05) is 20.3 Å². The number of nitro groups is 1. The van der Waals surface area contributed by atoms with Gasteiger partial charge in [-0.25, -0.2) is 4.98 Å². The van der Waals surface area contributed by atoms with E-state index in [9.17, 15) is 10.1 Å². The van der Waals surface area contributed by atoms with Crippen LogP contribution in [0.4, 0.5) is 5.69 Å². The molecule has 0 spiro atoms. The molecule has 0 atom stereocenters. The van der Waals surface area contributed by atoms with Gasteiger partial charge in [-0.05, 0) is 28.1 Å². The van der Waals surface area contributed by atoms with Crippen molar-refractivity contribution < 1.29 is 14.4 Å². The van der Waals surface area contributed by atoms with Gasteiger partial charge in [0.1, 0.15) is 23.6 Å². The normalized spacial score (nSPS) is 10.8. The number of nitrogens with zero attached hydrogens (tertiary/aromatic N) is 2. The number of aromatic nitrogens is 1. The first-order valence-corrected chi connectivity index (χ1v) is 6.75. The van der Waals surface area contributed by atoms with Crippen LogP contribution in [-0.4, -0.2) is 30.2 Å². The second-order valence-electron chi connectivity index (χ2n) is 3.86. The van der Waals surface area contributed by atoms with Crippen LogP contribution in [0.3, 0.4) is 0 Å². The zero-order valence-electron chi connectivity index (χ0n) is 10.4. The van der Waals surface area contributed by atoms with E-state index in [2.05, 4.69) is 20.9 Å². The number of rotatable bonds is 5. The quantitative estimate of drug-likeness (QED) is 0.462. The molecule has 0 unspecified atom stereocenters. The van der Waals surface area contributed by atoms with Crippen LogP contribution in [0, 0.1) is 10.1 Å². The van der Waals surface area contributed by atoms with E-state index in [4.69, 9.17) is 21.1 Å². The van der Waals surface area contributed by atoms with Crippen molar-refractivity contribution in [1.82, 2.24) is 4.98 Å². The van der Waals surface area contributed by atoms with Crippen molar-refractivity contribution in [1.29, 1.82) is 0 Å². The lowest BCUT2D eigenvalue weighted by atomic mass is 10.2. The largest absolute Gasteiger partial charge is 0.490 e. The summed E-state index contributed by atoms with van der Waals surface area (Å²) in [5.41, 5.74) is 0.316. The van der Waals surface area contributed by atoms with Crippen LogP contribution in [0.25, 0.3) is 10.9 Å². The molecule has 1 aromatic heterocycles. The Hall–Kier alpha value is -1.44. The highest BCUT2D eigenvalue weighted by atomic mass is 79.9. The van der Waals surface area contributed by atoms with Gasteiger partial charge >= 0.3 is 5.69 Å². The molecule has 1 heterocycles. The van der Waals surface area contributed by atoms with Crippen molar-refractivity contribution in [3.63, 3.8) is 0 Å². The highest BCUT2D eigenvalue weighted by Crippen LogP contribution is 2.36. The Morgan fingerprint density at radius 2 is 2.20 bits per heavy atom. The standard InChI is InChI=1S/C12H10BrClN2O4/c1-19-2-3-20-11-4-7-9(5-8(11)13)15-6-10(12(7)14)16(17)18/h4-6H,2-3H2,1H3. The molecule has 8 heteroatoms. The Labute approximate surface area is 127 Å². The minimum atomic E-state index is -0.567. The van der Waals surface area contributed by atoms with Crippen LogP contribution in [0.15, 0.2) is 22.8 Å². The number of fused-ring (bicyclic) bond motifs is 1. The number of hydrogen-bond acceptors (Lipinski definition) is 5. The second-order valence-corrected chi connectivity index (χ2v) is 5.09. The lowest BCUT2D eigenvalue weighted by molar-refractivity contribution is -0.384. The summed E-state index contributed by atoms with van der Waals surface area (Å²) in [4.78, 5) is 14.3. The maximum atomic E-state index is 10.9. The van der Waals surface area contributed by atoms with Crippen LogP contribution in [0.2, 0.25) is 5.02 Å². The molecule has 0 saturated heterocycles. The monoisotopic (exact) mass is 360 g/mol. The predicted molar refractivity (Wildman–Crippen MR) is 78.5 cm³/mol. The van der Waals surface area contributed by atoms with Gasteiger partial charge in [-0.2, -0.15) is 0 Å². The molecule has 0 saturated carbocycles. The fourth-order valence-electron chi connectivity index (χ4n) is 1.62. The van der Waals surface area contributed by atoms with E-state index in [1.165, 1.54) is 0 Å². The lowest BCUT2D eigenvalue weighted by Crippen LogP contribution is -2.04. The van der Waals surface area contributed by atoms with E-state index in [1.54, 1.807) is 19.2 Å². The fraction of sp³-hybridized carbons (Fsp3) is 0.250. The van der Waals surface area contributed by atoms with Crippen LogP contribution in [-0.2, 0) is 4.74 Å². The Morgan fingerprint density at radius 3 is 2.85 bits per heavy atom. The maximum Gasteiger partial charge on any atom is 0.306 e. The average molecular weight is 362 g/mol. The van der Waals surface area contributed by atoms with E-state index in [0.717, 1.165) is 6.20 Å². The van der Waals surface area contributed by atoms with Crippen molar-refractivity contribution in [2.45, 2.75) is 0 Å². The van der Waals surface area contributed by atoms with Gasteiger partial charge < -0.3 is 9.47 Å². The molecule has 2 aromatic rings. The molecule has 0 N–H and O–H groups in total. The van der Waals surface area contributed by atoms with Gasteiger partial charge in [-0.15, -0.1) is 0 Å². The number of hydrogen-bond donors (Lipinski definition) is 0. The second kappa shape index (κ2) is 6.34. The molecule has 1 aromatic carbocycles. The molecule has 0 aliphatic carbocycles. The Balaban J connectivity index is 2.48. The molecule has 0 bridgehead atoms. The summed E-state index contributed by atoms with van der Waals surface area (Å²) in [6, 6.07) is 3.32. The summed E-state index contributed by atoms with van der Waals surface area (Å²) in [6.07, 6.45) is 1.14. The fourth-order valence-corrected chi connectivity index (χ4v) is 2.34. The molecule has 0 aliphatic rings. The summed E-state index contributed by atoms with van der Waals surface area (Å²) in [5, 5.41) is 11.4. The molecular weight excluding hydrogens is 351 g/mol. The van der Waals surface area contributed by atoms with E-state index >= 15 is 0 Å². The molecule has 6 nitrogen and oxygen atoms in total. The van der Waals surface area contributed by atoms with Gasteiger partial charge in [0, 0.05) is 12.5 Å². The smallest absolute Gasteiger partial charge is 0.306 e. The SMILES string of the molecule is COCCOc1cc2c(Cl)c([N+](=O)[O-])cnc2cc1Br. The number of pyridine rings is 1. The topological polar surface area (TPSA) is 74.5 Å². The van der Waals surface area contributed by atoms with Crippen molar-refractivity contribution in [3.8, 4) is 5.75 Å². The first-order chi connectivity index (χ1) is 9.54. The summed E-state index contributed by atoms with van der Waals surface area (Å²) in [6.45, 7) is 0.798. The third-order valence-electron chi connectivity index (χ3n) is 2.58. The van der Waals surface area contributed by atoms with Crippen LogP contribution in [0.5, 0.6) is 5.75 Å². The highest BCUT2D eigenvalue weighted by Gasteiger charge is 2.17. The van der Waals surface area contributed by atoms with Gasteiger partial charge in [0.15, 0.2) is 0 Å². The number of ether oxygens (including phenoxy) is 2. The first-order valence-electron chi connectivity index (χ1n) is 5.58. The minimum absolute atomic E-state index is 0.0455. The molecule has 0 radical (unpaired) electrons. The highest BCUT2D eigenvalue weighted by molar-refractivity contribution is 9.10. The average Bonchev–Trinajstić information content (AvgIpc) is 2.40. The van der Waals surface area contributed by atoms with Gasteiger partial charge in [0.05, 0.1) is 21.5 Å². The summed E-state index contributed by atoms with van der Waals surface area (Å²) >= 11 is 9.40. The molecule has 20 heavy (non-hydrogen) atoms. The van der Waals surface area contributed by atoms with Crippen molar-refractivity contribution >= 4 is 44.1 Å². The number of halogens is 2. The first kappa shape index (κ1) is 15.0. The molecule has 2 rings (SSSR count). The summed E-state index contributed by atoms with van der Waals surface area (Å²) in [5.74, 6) is 0.527. The van der Waals surface area contributed by atoms with Gasteiger partial charge in [0.25, 0.3) is 0 Å². The van der Waals surface area contributed by atoms with Crippen LogP contribution >= 0.6 is 27.5 Å². The summed E-state index contributed by atoms with van der Waals surface area (Å²) in [7, 11) is 1.57. The minimum Gasteiger partial charge on any atom is -0.490 e. The third-order valence-corrected chi connectivity index (χ3v) is 3.60. The van der Waals surface area contributed by atoms with Gasteiger partial charge in [0.2, 0.25) is 0 Å². The zero-order chi connectivity index (χ0) is 14.7. The van der Waals surface area contributed by atoms with E-state index in [1.807, 2.05) is 0 Å². The van der Waals surface area contributed by atoms with Gasteiger partial charge in [-0.3, -0.25) is 10.1 Å². The maximum absolute atomic E-state index is 10.9. The Kier molecular flexibility index (Phi) is 4.74. The molecule has 0 fully saturated rings. The number of methoxy groups -OCH3 is 1. The summed E-state index contributed by atoms with van der Waals surface area (Å²) < 4.78 is 11.1.